The molecule has 4 rings (SSSR count). The molecule has 0 unspecified atom stereocenters. The summed E-state index contributed by atoms with van der Waals surface area (Å²) in [6, 6.07) is 11.3. The number of nitrogens with one attached hydrogen (secondary N) is 1. The molecule has 1 amide bonds. The maximum atomic E-state index is 12.5. The van der Waals surface area contributed by atoms with E-state index in [4.69, 9.17) is 4.42 Å². The van der Waals surface area contributed by atoms with Crippen LogP contribution < -0.4 is 5.32 Å². The molecule has 0 bridgehead atoms. The zero-order valence-corrected chi connectivity index (χ0v) is 14.8. The number of carbonyl (C=O) groups excluding carboxylic acids is 1. The Hall–Kier alpha value is -3.44. The molecule has 0 spiro atoms. The van der Waals surface area contributed by atoms with E-state index in [1.807, 2.05) is 0 Å². The minimum atomic E-state index is -0.487. The van der Waals surface area contributed by atoms with E-state index in [1.165, 1.54) is 29.5 Å². The van der Waals surface area contributed by atoms with Crippen molar-refractivity contribution in [2.45, 2.75) is 19.3 Å². The lowest BCUT2D eigenvalue weighted by Gasteiger charge is -2.02. The summed E-state index contributed by atoms with van der Waals surface area (Å²) < 4.78 is 5.58. The molecule has 7 nitrogen and oxygen atoms in total. The average molecular weight is 379 g/mol. The van der Waals surface area contributed by atoms with E-state index in [1.54, 1.807) is 18.2 Å². The van der Waals surface area contributed by atoms with Crippen molar-refractivity contribution in [3.05, 3.63) is 68.3 Å². The summed E-state index contributed by atoms with van der Waals surface area (Å²) in [6.07, 6.45) is 2.83. The molecule has 1 aromatic carbocycles. The van der Waals surface area contributed by atoms with Crippen molar-refractivity contribution in [3.63, 3.8) is 0 Å². The van der Waals surface area contributed by atoms with Crippen LogP contribution in [0.25, 0.3) is 11.3 Å². The Morgan fingerprint density at radius 3 is 2.93 bits per heavy atom. The third-order valence-electron chi connectivity index (χ3n) is 4.43. The van der Waals surface area contributed by atoms with Gasteiger partial charge >= 0.3 is 0 Å². The van der Waals surface area contributed by atoms with Crippen molar-refractivity contribution in [2.75, 3.05) is 5.32 Å². The van der Waals surface area contributed by atoms with E-state index in [2.05, 4.69) is 11.4 Å². The number of hydrogen-bond donors (Lipinski definition) is 1. The smallest absolute Gasteiger partial charge is 0.292 e. The zero-order valence-electron chi connectivity index (χ0n) is 14.0. The number of furan rings is 1. The molecule has 1 N–H and O–H groups in total. The van der Waals surface area contributed by atoms with Gasteiger partial charge in [-0.05, 0) is 37.0 Å². The number of fused-ring (bicyclic) bond motifs is 1. The SMILES string of the molecule is N#Cc1c(NC(=O)c2ccc(-c3cccc([N+](=O)[O-])c3)o2)sc2c1CCC2. The number of non-ortho nitro benzene ring substituents is 1. The highest BCUT2D eigenvalue weighted by atomic mass is 32.1. The van der Waals surface area contributed by atoms with E-state index in [-0.39, 0.29) is 11.4 Å². The number of benzene rings is 1. The van der Waals surface area contributed by atoms with Gasteiger partial charge < -0.3 is 9.73 Å². The van der Waals surface area contributed by atoms with Gasteiger partial charge in [-0.3, -0.25) is 14.9 Å². The first kappa shape index (κ1) is 17.0. The molecule has 0 saturated carbocycles. The number of carbonyl (C=O) groups is 1. The fourth-order valence-corrected chi connectivity index (χ4v) is 4.40. The monoisotopic (exact) mass is 379 g/mol. The highest BCUT2D eigenvalue weighted by molar-refractivity contribution is 7.16. The largest absolute Gasteiger partial charge is 0.451 e. The lowest BCUT2D eigenvalue weighted by atomic mass is 10.1. The molecular weight excluding hydrogens is 366 g/mol. The first-order valence-electron chi connectivity index (χ1n) is 8.27. The van der Waals surface area contributed by atoms with E-state index in [0.29, 0.717) is 21.9 Å². The second-order valence-corrected chi connectivity index (χ2v) is 7.20. The molecule has 0 saturated heterocycles. The number of nitriles is 1. The van der Waals surface area contributed by atoms with Gasteiger partial charge in [-0.15, -0.1) is 11.3 Å². The van der Waals surface area contributed by atoms with Crippen molar-refractivity contribution >= 4 is 27.9 Å². The lowest BCUT2D eigenvalue weighted by Crippen LogP contribution is -2.10. The van der Waals surface area contributed by atoms with Gasteiger partial charge in [-0.25, -0.2) is 0 Å². The fourth-order valence-electron chi connectivity index (χ4n) is 3.16. The highest BCUT2D eigenvalue weighted by Gasteiger charge is 2.24. The number of nitro groups is 1. The normalized spacial score (nSPS) is 12.4. The van der Waals surface area contributed by atoms with Crippen LogP contribution in [0.4, 0.5) is 10.7 Å². The minimum absolute atomic E-state index is 0.0540. The Balaban J connectivity index is 1.57. The molecule has 0 radical (unpaired) electrons. The predicted octanol–water partition coefficient (Wildman–Crippen LogP) is 4.53. The third-order valence-corrected chi connectivity index (χ3v) is 5.64. The van der Waals surface area contributed by atoms with Gasteiger partial charge in [0.25, 0.3) is 11.6 Å². The van der Waals surface area contributed by atoms with E-state index in [9.17, 15) is 20.2 Å². The van der Waals surface area contributed by atoms with Gasteiger partial charge in [0.05, 0.1) is 10.5 Å². The molecule has 0 fully saturated rings. The Kier molecular flexibility index (Phi) is 4.22. The summed E-state index contributed by atoms with van der Waals surface area (Å²) in [7, 11) is 0. The maximum absolute atomic E-state index is 12.5. The summed E-state index contributed by atoms with van der Waals surface area (Å²) in [5, 5.41) is 23.6. The molecule has 134 valence electrons. The Labute approximate surface area is 158 Å². The van der Waals surface area contributed by atoms with Crippen molar-refractivity contribution in [3.8, 4) is 17.4 Å². The number of hydrogen-bond acceptors (Lipinski definition) is 6. The van der Waals surface area contributed by atoms with Crippen LogP contribution in [0.5, 0.6) is 0 Å². The van der Waals surface area contributed by atoms with Gasteiger partial charge in [-0.1, -0.05) is 12.1 Å². The van der Waals surface area contributed by atoms with E-state index < -0.39 is 10.8 Å². The summed E-state index contributed by atoms with van der Waals surface area (Å²) in [6.45, 7) is 0. The number of anilines is 1. The topological polar surface area (TPSA) is 109 Å². The molecule has 2 aromatic heterocycles. The quantitative estimate of drug-likeness (QED) is 0.529. The summed E-state index contributed by atoms with van der Waals surface area (Å²) in [5.74, 6) is -0.0184. The first-order valence-corrected chi connectivity index (χ1v) is 9.09. The predicted molar refractivity (Wildman–Crippen MR) is 99.8 cm³/mol. The van der Waals surface area contributed by atoms with Crippen LogP contribution in [0.1, 0.15) is 33.0 Å². The summed E-state index contributed by atoms with van der Waals surface area (Å²) in [5.41, 5.74) is 2.03. The first-order chi connectivity index (χ1) is 13.1. The van der Waals surface area contributed by atoms with Crippen molar-refractivity contribution in [1.82, 2.24) is 0 Å². The number of thiophene rings is 1. The number of rotatable bonds is 4. The molecule has 0 atom stereocenters. The molecule has 1 aliphatic rings. The highest BCUT2D eigenvalue weighted by Crippen LogP contribution is 2.38. The molecule has 3 aromatic rings. The summed E-state index contributed by atoms with van der Waals surface area (Å²) in [4.78, 5) is 24.1. The van der Waals surface area contributed by atoms with Gasteiger partial charge in [0, 0.05) is 22.6 Å². The van der Waals surface area contributed by atoms with Crippen molar-refractivity contribution in [2.24, 2.45) is 0 Å². The van der Waals surface area contributed by atoms with E-state index >= 15 is 0 Å². The van der Waals surface area contributed by atoms with Gasteiger partial charge in [0.15, 0.2) is 5.76 Å². The van der Waals surface area contributed by atoms with Crippen LogP contribution in [-0.4, -0.2) is 10.8 Å². The lowest BCUT2D eigenvalue weighted by molar-refractivity contribution is -0.384. The molecule has 27 heavy (non-hydrogen) atoms. The molecule has 2 heterocycles. The Morgan fingerprint density at radius 2 is 2.15 bits per heavy atom. The molecule has 1 aliphatic carbocycles. The fraction of sp³-hybridized carbons (Fsp3) is 0.158. The van der Waals surface area contributed by atoms with Crippen LogP contribution in [-0.2, 0) is 12.8 Å². The summed E-state index contributed by atoms with van der Waals surface area (Å²) >= 11 is 1.43. The van der Waals surface area contributed by atoms with Crippen LogP contribution in [0, 0.1) is 21.4 Å². The van der Waals surface area contributed by atoms with E-state index in [0.717, 1.165) is 29.7 Å². The second kappa shape index (κ2) is 6.70. The standard InChI is InChI=1S/C19H13N3O4S/c20-10-14-13-5-2-6-17(13)27-19(14)21-18(23)16-8-7-15(26-16)11-3-1-4-12(9-11)22(24)25/h1,3-4,7-9H,2,5-6H2,(H,21,23). The molecule has 8 heteroatoms. The number of nitrogens with zero attached hydrogens (tertiary/aromatic N) is 2. The second-order valence-electron chi connectivity index (χ2n) is 6.10. The minimum Gasteiger partial charge on any atom is -0.451 e. The van der Waals surface area contributed by atoms with Gasteiger partial charge in [0.2, 0.25) is 0 Å². The molecule has 0 aliphatic heterocycles. The van der Waals surface area contributed by atoms with Crippen molar-refractivity contribution in [1.29, 1.82) is 5.26 Å². The van der Waals surface area contributed by atoms with Gasteiger partial charge in [-0.2, -0.15) is 5.26 Å². The maximum Gasteiger partial charge on any atom is 0.292 e. The van der Waals surface area contributed by atoms with Crippen LogP contribution in [0.3, 0.4) is 0 Å². The third kappa shape index (κ3) is 3.09. The zero-order chi connectivity index (χ0) is 19.0. The number of aryl methyl sites for hydroxylation is 1. The van der Waals surface area contributed by atoms with Gasteiger partial charge in [0.1, 0.15) is 16.8 Å². The van der Waals surface area contributed by atoms with Crippen molar-refractivity contribution < 1.29 is 14.1 Å². The molecular formula is C19H13N3O4S. The van der Waals surface area contributed by atoms with Crippen LogP contribution in [0.2, 0.25) is 0 Å². The van der Waals surface area contributed by atoms with Crippen LogP contribution >= 0.6 is 11.3 Å². The number of nitro benzene ring substituents is 1. The number of amides is 1. The van der Waals surface area contributed by atoms with Crippen LogP contribution in [0.15, 0.2) is 40.8 Å². The Bertz CT molecular complexity index is 1110. The Morgan fingerprint density at radius 1 is 1.30 bits per heavy atom. The average Bonchev–Trinajstić information content (AvgIpc) is 3.37.